The molecule has 0 aromatic heterocycles. The average molecular weight is 799 g/mol. The van der Waals surface area contributed by atoms with Gasteiger partial charge in [-0.25, -0.2) is 0 Å². The summed E-state index contributed by atoms with van der Waals surface area (Å²) >= 11 is 0. The van der Waals surface area contributed by atoms with Gasteiger partial charge in [0.2, 0.25) is 11.6 Å². The van der Waals surface area contributed by atoms with Crippen LogP contribution in [0.2, 0.25) is 0 Å². The molecule has 10 N–H and O–H groups in total. The molecule has 0 fully saturated rings. The van der Waals surface area contributed by atoms with Crippen LogP contribution in [0.1, 0.15) is 61.1 Å². The maximum absolute atomic E-state index is 14.2. The van der Waals surface area contributed by atoms with Gasteiger partial charge in [-0.2, -0.15) is 0 Å². The Morgan fingerprint density at radius 2 is 0.867 bits per heavy atom. The molecule has 302 valence electrons. The third kappa shape index (κ3) is 6.10. The van der Waals surface area contributed by atoms with E-state index in [-0.39, 0.29) is 56.7 Å². The molecule has 0 bridgehead atoms. The van der Waals surface area contributed by atoms with Crippen molar-refractivity contribution in [1.29, 1.82) is 0 Å². The number of rotatable bonds is 7. The molecule has 60 heavy (non-hydrogen) atoms. The topological polar surface area (TPSA) is 191 Å². The monoisotopic (exact) mass is 798 g/mol. The van der Waals surface area contributed by atoms with Crippen molar-refractivity contribution in [2.75, 3.05) is 22.1 Å². The fraction of sp³-hybridized carbons (Fsp3) is 0.160. The number of aryl methyl sites for hydroxylation is 2. The Morgan fingerprint density at radius 3 is 1.23 bits per heavy atom. The number of allylic oxidation sites excluding steroid dienone is 4. The number of nitrogen functional groups attached to an aromatic ring is 2. The van der Waals surface area contributed by atoms with Gasteiger partial charge in [-0.3, -0.25) is 9.59 Å². The van der Waals surface area contributed by atoms with E-state index in [4.69, 9.17) is 11.5 Å². The number of fused-ring (bicyclic) bond motifs is 4. The molecule has 0 heterocycles. The third-order valence-electron chi connectivity index (χ3n) is 11.6. The van der Waals surface area contributed by atoms with Gasteiger partial charge in [0.05, 0.1) is 11.1 Å². The zero-order chi connectivity index (χ0) is 42.9. The van der Waals surface area contributed by atoms with E-state index in [0.717, 1.165) is 21.5 Å². The molecule has 0 amide bonds. The highest BCUT2D eigenvalue weighted by Gasteiger charge is 2.38. The Balaban J connectivity index is 1.35. The van der Waals surface area contributed by atoms with Crippen molar-refractivity contribution in [3.63, 3.8) is 0 Å². The van der Waals surface area contributed by atoms with Crippen molar-refractivity contribution in [2.45, 2.75) is 41.5 Å². The zero-order valence-electron chi connectivity index (χ0n) is 34.2. The molecule has 6 aromatic carbocycles. The molecule has 0 unspecified atom stereocenters. The first-order chi connectivity index (χ1) is 28.6. The van der Waals surface area contributed by atoms with Crippen molar-refractivity contribution in [3.8, 4) is 22.6 Å². The maximum Gasteiger partial charge on any atom is 0.229 e. The summed E-state index contributed by atoms with van der Waals surface area (Å²) in [6.07, 6.45) is 2.94. The number of carbonyl (C=O) groups excluding carboxylic acids is 2. The molecule has 2 aliphatic rings. The van der Waals surface area contributed by atoms with E-state index in [1.807, 2.05) is 88.4 Å². The number of hydrogen-bond donors (Lipinski definition) is 8. The van der Waals surface area contributed by atoms with Gasteiger partial charge in [0.25, 0.3) is 0 Å². The van der Waals surface area contributed by atoms with Crippen LogP contribution >= 0.6 is 0 Å². The fourth-order valence-corrected chi connectivity index (χ4v) is 8.85. The molecule has 0 aliphatic heterocycles. The van der Waals surface area contributed by atoms with Crippen LogP contribution in [0.4, 0.5) is 22.7 Å². The number of aliphatic hydroxyl groups is 2. The van der Waals surface area contributed by atoms with Crippen molar-refractivity contribution in [3.05, 3.63) is 142 Å². The van der Waals surface area contributed by atoms with Crippen LogP contribution in [0.5, 0.6) is 11.5 Å². The molecule has 0 spiro atoms. The van der Waals surface area contributed by atoms with Gasteiger partial charge in [0.1, 0.15) is 11.5 Å². The number of carbonyl (C=O) groups is 2. The molecular weight excluding hydrogens is 753 g/mol. The number of aliphatic hydroxyl groups excluding tert-OH is 2. The van der Waals surface area contributed by atoms with E-state index < -0.39 is 23.1 Å². The zero-order valence-corrected chi connectivity index (χ0v) is 34.2. The summed E-state index contributed by atoms with van der Waals surface area (Å²) in [6, 6.07) is 25.8. The van der Waals surface area contributed by atoms with Gasteiger partial charge in [-0.1, -0.05) is 88.4 Å². The summed E-state index contributed by atoms with van der Waals surface area (Å²) in [4.78, 5) is 28.3. The molecule has 8 rings (SSSR count). The predicted octanol–water partition coefficient (Wildman–Crippen LogP) is 10.8. The summed E-state index contributed by atoms with van der Waals surface area (Å²) in [5, 5.41) is 57.7. The number of ketones is 2. The largest absolute Gasteiger partial charge is 0.507 e. The van der Waals surface area contributed by atoms with Gasteiger partial charge >= 0.3 is 0 Å². The second-order valence-electron chi connectivity index (χ2n) is 16.1. The number of benzene rings is 6. The highest BCUT2D eigenvalue weighted by Crippen LogP contribution is 2.54. The number of phenolic OH excluding ortho intramolecular Hbond substituents is 2. The maximum atomic E-state index is 14.2. The highest BCUT2D eigenvalue weighted by atomic mass is 16.3. The number of phenols is 2. The van der Waals surface area contributed by atoms with E-state index >= 15 is 0 Å². The van der Waals surface area contributed by atoms with Crippen molar-refractivity contribution < 1.29 is 30.0 Å². The van der Waals surface area contributed by atoms with Crippen LogP contribution in [-0.2, 0) is 9.59 Å². The van der Waals surface area contributed by atoms with Crippen molar-refractivity contribution in [1.82, 2.24) is 0 Å². The molecule has 0 saturated heterocycles. The molecule has 6 aromatic rings. The molecule has 10 heteroatoms. The Bertz CT molecular complexity index is 2800. The van der Waals surface area contributed by atoms with Crippen LogP contribution in [-0.4, -0.2) is 32.0 Å². The molecule has 10 nitrogen and oxygen atoms in total. The van der Waals surface area contributed by atoms with Crippen LogP contribution in [0, 0.1) is 25.7 Å². The minimum Gasteiger partial charge on any atom is -0.507 e. The fourth-order valence-electron chi connectivity index (χ4n) is 8.85. The highest BCUT2D eigenvalue weighted by molar-refractivity contribution is 6.35. The van der Waals surface area contributed by atoms with Crippen molar-refractivity contribution in [2.24, 2.45) is 11.8 Å². The minimum atomic E-state index is -0.686. The van der Waals surface area contributed by atoms with Gasteiger partial charge < -0.3 is 42.5 Å². The lowest BCUT2D eigenvalue weighted by molar-refractivity contribution is -0.113. The first-order valence-corrected chi connectivity index (χ1v) is 19.8. The summed E-state index contributed by atoms with van der Waals surface area (Å²) in [6.45, 7) is 11.0. The number of nitrogens with two attached hydrogens (primary N) is 2. The second-order valence-corrected chi connectivity index (χ2v) is 16.1. The standard InChI is InChI=1S/C50H46N4O6/c1-23(2)39-31-19-25(5)41(47(57)43(31)33(45(55)49(39)59)21-53-37-17-9-11-27-29(37)13-7-15-35(27)51)42-26(6)20-32-40(24(3)4)50(60)46(56)34(44(32)48(42)58)22-54-38-18-10-12-28-30(38)14-8-16-36(28)52/h7-24,53-54,57-60H,51-52H2,1-6H3. The Morgan fingerprint density at radius 1 is 0.517 bits per heavy atom. The first kappa shape index (κ1) is 39.4. The lowest BCUT2D eigenvalue weighted by Crippen LogP contribution is -2.20. The van der Waals surface area contributed by atoms with Crippen LogP contribution < -0.4 is 22.1 Å². The molecule has 0 radical (unpaired) electrons. The normalized spacial score (nSPS) is 15.5. The number of aromatic hydroxyl groups is 2. The summed E-state index contributed by atoms with van der Waals surface area (Å²) in [5.74, 6) is -3.40. The Hall–Kier alpha value is -7.46. The lowest BCUT2D eigenvalue weighted by Gasteiger charge is -2.29. The van der Waals surface area contributed by atoms with E-state index in [0.29, 0.717) is 56.1 Å². The minimum absolute atomic E-state index is 0.00676. The summed E-state index contributed by atoms with van der Waals surface area (Å²) in [5.41, 5.74) is 18.6. The third-order valence-corrected chi connectivity index (χ3v) is 11.6. The average Bonchev–Trinajstić information content (AvgIpc) is 3.20. The van der Waals surface area contributed by atoms with Gasteiger partial charge in [0.15, 0.2) is 11.5 Å². The SMILES string of the molecule is Cc1cc2c(c(O)c1-c1c(C)cc3c(c1O)C(=CNc1cccc4c(N)cccc14)C(=O)C(O)=C3C(C)C)C(=CNc1cccc3c(N)cccc13)C(=O)C(O)=C2C(C)C. The van der Waals surface area contributed by atoms with E-state index in [2.05, 4.69) is 10.6 Å². The molecular formula is C50H46N4O6. The number of hydrogen-bond acceptors (Lipinski definition) is 10. The summed E-state index contributed by atoms with van der Waals surface area (Å²) < 4.78 is 0. The first-order valence-electron chi connectivity index (χ1n) is 19.8. The second kappa shape index (κ2) is 14.7. The predicted molar refractivity (Wildman–Crippen MR) is 243 cm³/mol. The molecule has 0 atom stereocenters. The van der Waals surface area contributed by atoms with Crippen LogP contribution in [0.25, 0.3) is 55.0 Å². The van der Waals surface area contributed by atoms with E-state index in [1.165, 1.54) is 12.4 Å². The Kier molecular flexibility index (Phi) is 9.66. The van der Waals surface area contributed by atoms with Crippen molar-refractivity contribution >= 4 is 78.2 Å². The number of nitrogens with one attached hydrogen (secondary N) is 2. The van der Waals surface area contributed by atoms with Crippen LogP contribution in [0.3, 0.4) is 0 Å². The smallest absolute Gasteiger partial charge is 0.229 e. The lowest BCUT2D eigenvalue weighted by atomic mass is 9.75. The number of anilines is 4. The van der Waals surface area contributed by atoms with E-state index in [9.17, 15) is 30.0 Å². The van der Waals surface area contributed by atoms with E-state index in [1.54, 1.807) is 38.1 Å². The summed E-state index contributed by atoms with van der Waals surface area (Å²) in [7, 11) is 0. The van der Waals surface area contributed by atoms with Gasteiger partial charge in [-0.05, 0) is 72.2 Å². The van der Waals surface area contributed by atoms with Gasteiger partial charge in [0, 0.05) is 90.1 Å². The molecule has 2 aliphatic carbocycles. The van der Waals surface area contributed by atoms with Gasteiger partial charge in [-0.15, -0.1) is 0 Å². The number of Topliss-reactive ketones (excluding diaryl/α,β-unsaturated/α-hetero) is 2. The van der Waals surface area contributed by atoms with Crippen LogP contribution in [0.15, 0.2) is 109 Å². The Labute approximate surface area is 347 Å². The molecule has 0 saturated carbocycles. The quantitative estimate of drug-likeness (QED) is 0.0569.